The van der Waals surface area contributed by atoms with Gasteiger partial charge < -0.3 is 28.6 Å². The van der Waals surface area contributed by atoms with Gasteiger partial charge in [-0.15, -0.1) is 0 Å². The number of methoxy groups -OCH3 is 3. The molecular weight excluding hydrogens is 466 g/mol. The summed E-state index contributed by atoms with van der Waals surface area (Å²) in [5, 5.41) is 0. The number of rotatable bonds is 10. The highest BCUT2D eigenvalue weighted by Crippen LogP contribution is 2.30. The van der Waals surface area contributed by atoms with Gasteiger partial charge in [0.15, 0.2) is 34.6 Å². The second-order valence-electron chi connectivity index (χ2n) is 7.77. The lowest BCUT2D eigenvalue weighted by molar-refractivity contribution is -0.121. The Bertz CT molecular complexity index is 1150. The lowest BCUT2D eigenvalue weighted by atomic mass is 10.1. The molecule has 0 spiro atoms. The van der Waals surface area contributed by atoms with E-state index in [2.05, 4.69) is 0 Å². The van der Waals surface area contributed by atoms with Gasteiger partial charge in [0.2, 0.25) is 0 Å². The zero-order valence-corrected chi connectivity index (χ0v) is 20.5. The van der Waals surface area contributed by atoms with Crippen molar-refractivity contribution in [2.24, 2.45) is 0 Å². The molecule has 36 heavy (non-hydrogen) atoms. The summed E-state index contributed by atoms with van der Waals surface area (Å²) in [6.07, 6.45) is 5.12. The zero-order chi connectivity index (χ0) is 25.9. The average molecular weight is 496 g/mol. The normalized spacial score (nSPS) is 13.6. The van der Waals surface area contributed by atoms with Gasteiger partial charge in [-0.25, -0.2) is 4.79 Å². The highest BCUT2D eigenvalue weighted by atomic mass is 16.6. The van der Waals surface area contributed by atoms with Gasteiger partial charge in [0, 0.05) is 13.1 Å². The topological polar surface area (TPSA) is 101 Å². The van der Waals surface area contributed by atoms with Gasteiger partial charge >= 0.3 is 6.09 Å². The molecule has 2 aromatic rings. The van der Waals surface area contributed by atoms with Crippen LogP contribution in [-0.4, -0.2) is 70.2 Å². The van der Waals surface area contributed by atoms with E-state index in [4.69, 9.17) is 23.7 Å². The maximum Gasteiger partial charge on any atom is 0.415 e. The standard InChI is InChI=1S/C27H29NO8/c1-32-23-10-6-19(16-25(23)33-2)4-8-21(29)18-22(30)9-5-20-7-11-24(26(17-20)34-3)36-27(31)28-12-14-35-15-13-28/h4-11,16-17H,12-15,18H2,1-3H3/b8-4+,9-5+. The molecule has 3 rings (SSSR count). The molecule has 0 aromatic heterocycles. The van der Waals surface area contributed by atoms with Crippen molar-refractivity contribution < 1.29 is 38.1 Å². The van der Waals surface area contributed by atoms with Crippen LogP contribution in [0.4, 0.5) is 4.79 Å². The van der Waals surface area contributed by atoms with Crippen molar-refractivity contribution in [3.05, 3.63) is 59.7 Å². The molecule has 0 saturated carbocycles. The molecule has 0 radical (unpaired) electrons. The van der Waals surface area contributed by atoms with Crippen LogP contribution in [0.1, 0.15) is 17.5 Å². The number of benzene rings is 2. The third-order valence-corrected chi connectivity index (χ3v) is 5.33. The minimum atomic E-state index is -0.477. The first-order valence-electron chi connectivity index (χ1n) is 11.3. The summed E-state index contributed by atoms with van der Waals surface area (Å²) < 4.78 is 26.5. The number of carbonyl (C=O) groups excluding carboxylic acids is 3. The predicted molar refractivity (Wildman–Crippen MR) is 134 cm³/mol. The number of carbonyl (C=O) groups is 3. The van der Waals surface area contributed by atoms with Crippen molar-refractivity contribution in [3.63, 3.8) is 0 Å². The molecule has 1 aliphatic heterocycles. The number of allylic oxidation sites excluding steroid dienone is 2. The van der Waals surface area contributed by atoms with Crippen molar-refractivity contribution in [3.8, 4) is 23.0 Å². The number of morpholine rings is 1. The molecule has 9 nitrogen and oxygen atoms in total. The Morgan fingerprint density at radius 3 is 1.81 bits per heavy atom. The molecule has 0 bridgehead atoms. The van der Waals surface area contributed by atoms with Crippen molar-refractivity contribution in [2.45, 2.75) is 6.42 Å². The first-order valence-corrected chi connectivity index (χ1v) is 11.3. The third kappa shape index (κ3) is 7.44. The molecule has 0 aliphatic carbocycles. The van der Waals surface area contributed by atoms with Crippen molar-refractivity contribution >= 4 is 29.8 Å². The van der Waals surface area contributed by atoms with Crippen LogP contribution in [-0.2, 0) is 14.3 Å². The van der Waals surface area contributed by atoms with Crippen molar-refractivity contribution in [1.29, 1.82) is 0 Å². The van der Waals surface area contributed by atoms with Gasteiger partial charge in [-0.2, -0.15) is 0 Å². The Morgan fingerprint density at radius 1 is 0.778 bits per heavy atom. The quantitative estimate of drug-likeness (QED) is 0.363. The largest absolute Gasteiger partial charge is 0.493 e. The minimum absolute atomic E-state index is 0.271. The van der Waals surface area contributed by atoms with Gasteiger partial charge in [-0.05, 0) is 47.5 Å². The van der Waals surface area contributed by atoms with Crippen LogP contribution < -0.4 is 18.9 Å². The van der Waals surface area contributed by atoms with E-state index >= 15 is 0 Å². The van der Waals surface area contributed by atoms with Gasteiger partial charge in [0.05, 0.1) is 41.0 Å². The van der Waals surface area contributed by atoms with Crippen LogP contribution in [0.2, 0.25) is 0 Å². The SMILES string of the molecule is COc1ccc(/C=C/C(=O)CC(=O)/C=C/c2ccc(OC(=O)N3CCOCC3)c(OC)c2)cc1OC. The fourth-order valence-electron chi connectivity index (χ4n) is 3.40. The summed E-state index contributed by atoms with van der Waals surface area (Å²) in [4.78, 5) is 38.4. The first kappa shape index (κ1) is 26.5. The van der Waals surface area contributed by atoms with Crippen LogP contribution in [0.5, 0.6) is 23.0 Å². The molecule has 190 valence electrons. The summed E-state index contributed by atoms with van der Waals surface area (Å²) >= 11 is 0. The number of nitrogens with zero attached hydrogens (tertiary/aromatic N) is 1. The van der Waals surface area contributed by atoms with E-state index in [1.165, 1.54) is 26.4 Å². The monoisotopic (exact) mass is 495 g/mol. The Balaban J connectivity index is 1.56. The fraction of sp³-hybridized carbons (Fsp3) is 0.296. The average Bonchev–Trinajstić information content (AvgIpc) is 2.91. The summed E-state index contributed by atoms with van der Waals surface area (Å²) in [6.45, 7) is 1.87. The Labute approximate surface area is 209 Å². The van der Waals surface area contributed by atoms with Gasteiger partial charge in [0.1, 0.15) is 0 Å². The molecule has 0 atom stereocenters. The van der Waals surface area contributed by atoms with Crippen molar-refractivity contribution in [1.82, 2.24) is 4.90 Å². The lowest BCUT2D eigenvalue weighted by Gasteiger charge is -2.26. The summed E-state index contributed by atoms with van der Waals surface area (Å²) in [5.41, 5.74) is 1.39. The maximum absolute atomic E-state index is 12.3. The number of amides is 1. The van der Waals surface area contributed by atoms with E-state index in [0.717, 1.165) is 5.56 Å². The zero-order valence-electron chi connectivity index (χ0n) is 20.5. The van der Waals surface area contributed by atoms with Crippen LogP contribution in [0.3, 0.4) is 0 Å². The molecule has 2 aromatic carbocycles. The minimum Gasteiger partial charge on any atom is -0.493 e. The highest BCUT2D eigenvalue weighted by molar-refractivity contribution is 6.10. The number of ether oxygens (including phenoxy) is 5. The van der Waals surface area contributed by atoms with E-state index in [9.17, 15) is 14.4 Å². The van der Waals surface area contributed by atoms with Gasteiger partial charge in [0.25, 0.3) is 0 Å². The van der Waals surface area contributed by atoms with Gasteiger partial charge in [-0.1, -0.05) is 24.3 Å². The molecule has 1 saturated heterocycles. The molecule has 0 N–H and O–H groups in total. The number of ketones is 2. The molecule has 1 amide bonds. The Kier molecular flexibility index (Phi) is 9.64. The van der Waals surface area contributed by atoms with Crippen LogP contribution in [0.15, 0.2) is 48.6 Å². The second-order valence-corrected chi connectivity index (χ2v) is 7.77. The lowest BCUT2D eigenvalue weighted by Crippen LogP contribution is -2.42. The maximum atomic E-state index is 12.3. The third-order valence-electron chi connectivity index (χ3n) is 5.33. The van der Waals surface area contributed by atoms with E-state index in [1.54, 1.807) is 60.6 Å². The first-order chi connectivity index (χ1) is 17.4. The van der Waals surface area contributed by atoms with Gasteiger partial charge in [-0.3, -0.25) is 9.59 Å². The summed E-state index contributed by atoms with van der Waals surface area (Å²) in [7, 11) is 4.54. The van der Waals surface area contributed by atoms with E-state index in [1.807, 2.05) is 0 Å². The van der Waals surface area contributed by atoms with Crippen molar-refractivity contribution in [2.75, 3.05) is 47.6 Å². The number of hydrogen-bond acceptors (Lipinski definition) is 8. The van der Waals surface area contributed by atoms with E-state index in [-0.39, 0.29) is 23.7 Å². The Hall–Kier alpha value is -4.11. The van der Waals surface area contributed by atoms with Crippen LogP contribution >= 0.6 is 0 Å². The smallest absolute Gasteiger partial charge is 0.415 e. The van der Waals surface area contributed by atoms with E-state index < -0.39 is 6.09 Å². The van der Waals surface area contributed by atoms with Crippen LogP contribution in [0.25, 0.3) is 12.2 Å². The molecule has 0 unspecified atom stereocenters. The molecule has 1 aliphatic rings. The summed E-state index contributed by atoms with van der Waals surface area (Å²) in [6, 6.07) is 10.2. The predicted octanol–water partition coefficient (Wildman–Crippen LogP) is 3.80. The highest BCUT2D eigenvalue weighted by Gasteiger charge is 2.20. The molecular formula is C27H29NO8. The second kappa shape index (κ2) is 13.1. The Morgan fingerprint density at radius 2 is 1.28 bits per heavy atom. The van der Waals surface area contributed by atoms with Crippen LogP contribution in [0, 0.1) is 0 Å². The van der Waals surface area contributed by atoms with E-state index in [0.29, 0.717) is 49.1 Å². The molecule has 9 heteroatoms. The number of hydrogen-bond donors (Lipinski definition) is 0. The summed E-state index contributed by atoms with van der Waals surface area (Å²) in [5.74, 6) is 1.07. The molecule has 1 fully saturated rings. The molecule has 1 heterocycles. The fourth-order valence-corrected chi connectivity index (χ4v) is 3.40.